The maximum Gasteiger partial charge on any atom is 0.197 e. The van der Waals surface area contributed by atoms with E-state index in [0.717, 1.165) is 160 Å². The van der Waals surface area contributed by atoms with E-state index in [9.17, 15) is 6.57 Å². The van der Waals surface area contributed by atoms with Crippen molar-refractivity contribution < 1.29 is 13.3 Å². The Morgan fingerprint density at radius 3 is 1.23 bits per heavy atom. The lowest BCUT2D eigenvalue weighted by atomic mass is 9.95. The predicted molar refractivity (Wildman–Crippen MR) is 369 cm³/mol. The van der Waals surface area contributed by atoms with Gasteiger partial charge in [-0.3, -0.25) is 0 Å². The Hall–Kier alpha value is -12.6. The molecule has 0 aliphatic carbocycles. The summed E-state index contributed by atoms with van der Waals surface area (Å²) in [5.74, 6) is 1.26. The van der Waals surface area contributed by atoms with Crippen LogP contribution in [0.25, 0.3) is 193 Å². The lowest BCUT2D eigenvalue weighted by Gasteiger charge is -2.25. The van der Waals surface area contributed by atoms with Crippen molar-refractivity contribution in [3.63, 3.8) is 0 Å². The van der Waals surface area contributed by atoms with E-state index in [1.807, 2.05) is 109 Å². The number of aromatic nitrogens is 5. The number of fused-ring (bicyclic) bond motifs is 17. The van der Waals surface area contributed by atoms with Gasteiger partial charge in [0.1, 0.15) is 33.5 Å². The van der Waals surface area contributed by atoms with E-state index in [1.165, 1.54) is 0 Å². The number of hydrogen-bond donors (Lipinski definition) is 0. The molecule has 0 bridgehead atoms. The standard InChI is InChI=1S/C82H46N6O3/c1-83-64-47-63(82-85-80(51-26-12-5-13-27-51)84-81(86-82)54-34-37-58-55-28-14-17-31-69(55)89-72(58)46-54)76(87-65-40-35-52(48-20-6-2-7-21-48)44-61(65)74-67(87)42-38-59-56-29-15-18-32-70(56)90-78(59)74)77(73(64)50-24-10-4-11-25-50)88-66-41-36-53(49-22-8-3-9-23-49)45-62(66)75-68(88)43-39-60-57-30-16-19-33-71(57)91-79(60)75/h2-47H. The molecule has 0 amide bonds. The number of furan rings is 3. The minimum atomic E-state index is 0.363. The topological polar surface area (TPSA) is 92.3 Å². The van der Waals surface area contributed by atoms with E-state index in [2.05, 4.69) is 184 Å². The highest BCUT2D eigenvalue weighted by atomic mass is 16.3. The molecule has 0 atom stereocenters. The van der Waals surface area contributed by atoms with Gasteiger partial charge in [0.25, 0.3) is 0 Å². The smallest absolute Gasteiger partial charge is 0.197 e. The summed E-state index contributed by atoms with van der Waals surface area (Å²) in [6.07, 6.45) is 0. The van der Waals surface area contributed by atoms with E-state index in [-0.39, 0.29) is 0 Å². The van der Waals surface area contributed by atoms with Gasteiger partial charge < -0.3 is 22.4 Å². The Labute approximate surface area is 519 Å². The van der Waals surface area contributed by atoms with Crippen molar-refractivity contribution in [3.05, 3.63) is 290 Å². The second-order valence-corrected chi connectivity index (χ2v) is 23.2. The largest absolute Gasteiger partial charge is 0.456 e. The predicted octanol–water partition coefficient (Wildman–Crippen LogP) is 22.3. The van der Waals surface area contributed by atoms with E-state index in [1.54, 1.807) is 0 Å². The first kappa shape index (κ1) is 50.5. The Balaban J connectivity index is 1.03. The van der Waals surface area contributed by atoms with Crippen LogP contribution in [0.2, 0.25) is 0 Å². The highest BCUT2D eigenvalue weighted by Gasteiger charge is 2.32. The van der Waals surface area contributed by atoms with Crippen molar-refractivity contribution >= 4 is 115 Å². The number of rotatable bonds is 8. The molecule has 422 valence electrons. The van der Waals surface area contributed by atoms with Crippen LogP contribution in [0.5, 0.6) is 0 Å². The van der Waals surface area contributed by atoms with Gasteiger partial charge in [-0.15, -0.1) is 0 Å². The zero-order valence-electron chi connectivity index (χ0n) is 48.5. The molecule has 19 rings (SSSR count). The third kappa shape index (κ3) is 7.67. The molecule has 0 aliphatic heterocycles. The van der Waals surface area contributed by atoms with E-state index >= 15 is 0 Å². The molecule has 0 fully saturated rings. The van der Waals surface area contributed by atoms with Crippen LogP contribution in [-0.4, -0.2) is 24.1 Å². The van der Waals surface area contributed by atoms with Crippen molar-refractivity contribution in [1.29, 1.82) is 0 Å². The fourth-order valence-corrected chi connectivity index (χ4v) is 14.1. The normalized spacial score (nSPS) is 11.9. The average molecular weight is 1160 g/mol. The van der Waals surface area contributed by atoms with Gasteiger partial charge in [0.05, 0.1) is 50.8 Å². The first-order valence-corrected chi connectivity index (χ1v) is 30.3. The van der Waals surface area contributed by atoms with Gasteiger partial charge in [-0.05, 0) is 113 Å². The molecule has 9 heteroatoms. The van der Waals surface area contributed by atoms with E-state index in [0.29, 0.717) is 34.3 Å². The molecule has 0 aliphatic rings. The molecule has 0 saturated heterocycles. The van der Waals surface area contributed by atoms with Gasteiger partial charge in [0.15, 0.2) is 23.2 Å². The summed E-state index contributed by atoms with van der Waals surface area (Å²) >= 11 is 0. The molecule has 0 spiro atoms. The summed E-state index contributed by atoms with van der Waals surface area (Å²) in [4.78, 5) is 21.1. The number of nitrogens with zero attached hydrogens (tertiary/aromatic N) is 6. The molecule has 13 aromatic carbocycles. The van der Waals surface area contributed by atoms with Crippen LogP contribution in [0.4, 0.5) is 5.69 Å². The van der Waals surface area contributed by atoms with E-state index in [4.69, 9.17) is 28.2 Å². The van der Waals surface area contributed by atoms with Crippen LogP contribution in [0.3, 0.4) is 0 Å². The summed E-state index contributed by atoms with van der Waals surface area (Å²) in [5, 5.41) is 9.91. The minimum absolute atomic E-state index is 0.363. The number of hydrogen-bond acceptors (Lipinski definition) is 6. The second-order valence-electron chi connectivity index (χ2n) is 23.2. The molecule has 0 unspecified atom stereocenters. The Morgan fingerprint density at radius 1 is 0.286 bits per heavy atom. The maximum absolute atomic E-state index is 9.48. The fraction of sp³-hybridized carbons (Fsp3) is 0. The second kappa shape index (κ2) is 19.7. The third-order valence-electron chi connectivity index (χ3n) is 18.2. The molecule has 9 nitrogen and oxygen atoms in total. The van der Waals surface area contributed by atoms with Gasteiger partial charge in [-0.25, -0.2) is 19.8 Å². The molecule has 0 N–H and O–H groups in total. The lowest BCUT2D eigenvalue weighted by molar-refractivity contribution is 0.669. The summed E-state index contributed by atoms with van der Waals surface area (Å²) in [5.41, 5.74) is 18.1. The Kier molecular flexibility index (Phi) is 10.9. The summed E-state index contributed by atoms with van der Waals surface area (Å²) < 4.78 is 25.5. The first-order valence-electron chi connectivity index (χ1n) is 30.3. The monoisotopic (exact) mass is 1160 g/mol. The molecule has 0 saturated carbocycles. The highest BCUT2D eigenvalue weighted by molar-refractivity contribution is 6.27. The van der Waals surface area contributed by atoms with Crippen molar-refractivity contribution in [2.75, 3.05) is 0 Å². The minimum Gasteiger partial charge on any atom is -0.456 e. The molecule has 6 aromatic heterocycles. The molecular weight excluding hydrogens is 1120 g/mol. The van der Waals surface area contributed by atoms with Crippen LogP contribution in [0, 0.1) is 6.57 Å². The molecule has 6 heterocycles. The molecule has 19 aromatic rings. The molecule has 0 radical (unpaired) electrons. The van der Waals surface area contributed by atoms with Gasteiger partial charge in [-0.1, -0.05) is 194 Å². The van der Waals surface area contributed by atoms with Crippen molar-refractivity contribution in [2.24, 2.45) is 0 Å². The molecule has 91 heavy (non-hydrogen) atoms. The quantitative estimate of drug-likeness (QED) is 0.141. The zero-order valence-corrected chi connectivity index (χ0v) is 48.5. The van der Waals surface area contributed by atoms with Crippen LogP contribution in [-0.2, 0) is 0 Å². The van der Waals surface area contributed by atoms with Gasteiger partial charge in [0.2, 0.25) is 0 Å². The summed E-state index contributed by atoms with van der Waals surface area (Å²) in [7, 11) is 0. The SMILES string of the molecule is [C-]#[N+]c1cc(-c2nc(-c3ccccc3)nc(-c3ccc4c(c3)oc3ccccc34)n2)c(-n2c3ccc(-c4ccccc4)cc3c3c4oc5ccccc5c4ccc32)c(-n2c3ccc(-c4ccccc4)cc3c3c4oc5ccccc5c4ccc32)c1-c1ccccc1. The third-order valence-corrected chi connectivity index (χ3v) is 18.2. The molecular formula is C82H46N6O3. The fourth-order valence-electron chi connectivity index (χ4n) is 14.1. The summed E-state index contributed by atoms with van der Waals surface area (Å²) in [6.45, 7) is 9.48. The number of para-hydroxylation sites is 3. The van der Waals surface area contributed by atoms with Crippen molar-refractivity contribution in [1.82, 2.24) is 24.1 Å². The van der Waals surface area contributed by atoms with Gasteiger partial charge in [-0.2, -0.15) is 0 Å². The maximum atomic E-state index is 9.48. The van der Waals surface area contributed by atoms with Crippen molar-refractivity contribution in [3.8, 4) is 78.9 Å². The van der Waals surface area contributed by atoms with Gasteiger partial charge >= 0.3 is 0 Å². The number of benzene rings is 13. The van der Waals surface area contributed by atoms with E-state index < -0.39 is 0 Å². The van der Waals surface area contributed by atoms with Crippen LogP contribution in [0.1, 0.15) is 0 Å². The Bertz CT molecular complexity index is 6270. The summed E-state index contributed by atoms with van der Waals surface area (Å²) in [6, 6.07) is 96.5. The lowest BCUT2D eigenvalue weighted by Crippen LogP contribution is -2.10. The first-order chi connectivity index (χ1) is 45.1. The van der Waals surface area contributed by atoms with Crippen LogP contribution in [0.15, 0.2) is 292 Å². The van der Waals surface area contributed by atoms with Crippen molar-refractivity contribution in [2.45, 2.75) is 0 Å². The highest BCUT2D eigenvalue weighted by Crippen LogP contribution is 2.52. The van der Waals surface area contributed by atoms with Crippen LogP contribution < -0.4 is 0 Å². The van der Waals surface area contributed by atoms with Gasteiger partial charge in [0, 0.05) is 65.3 Å². The zero-order chi connectivity index (χ0) is 59.8. The Morgan fingerprint density at radius 2 is 0.692 bits per heavy atom. The van der Waals surface area contributed by atoms with Crippen LogP contribution >= 0.6 is 0 Å². The average Bonchev–Trinajstić information content (AvgIpc) is 1.58.